The third-order valence-electron chi connectivity index (χ3n) is 6.29. The van der Waals surface area contributed by atoms with Crippen molar-refractivity contribution >= 4 is 28.4 Å². The molecular formula is C27H22N6O2. The molecule has 0 bridgehead atoms. The second-order valence-electron chi connectivity index (χ2n) is 8.61. The molecule has 0 spiro atoms. The van der Waals surface area contributed by atoms with Crippen molar-refractivity contribution in [3.63, 3.8) is 0 Å². The van der Waals surface area contributed by atoms with E-state index in [9.17, 15) is 9.59 Å². The summed E-state index contributed by atoms with van der Waals surface area (Å²) in [5.41, 5.74) is 4.10. The minimum atomic E-state index is -0.133. The quantitative estimate of drug-likeness (QED) is 0.411. The summed E-state index contributed by atoms with van der Waals surface area (Å²) in [6.07, 6.45) is 5.53. The Hall–Kier alpha value is -4.72. The van der Waals surface area contributed by atoms with Gasteiger partial charge in [0.1, 0.15) is 5.82 Å². The molecule has 0 saturated carbocycles. The number of H-pyrrole nitrogens is 1. The van der Waals surface area contributed by atoms with Gasteiger partial charge in [0.05, 0.1) is 31.5 Å². The third kappa shape index (κ3) is 4.06. The van der Waals surface area contributed by atoms with Crippen LogP contribution < -0.4 is 5.32 Å². The molecule has 6 rings (SSSR count). The Morgan fingerprint density at radius 2 is 1.80 bits per heavy atom. The summed E-state index contributed by atoms with van der Waals surface area (Å²) in [6.45, 7) is 0.786. The highest BCUT2D eigenvalue weighted by Crippen LogP contribution is 2.28. The minimum absolute atomic E-state index is 0.0754. The SMILES string of the molecule is O=C(Cc1ccc2ccccc2c1)Nc1[nH]nc2c1CN(C(=O)c1ccc(-n3ccnc3)cc1)C2. The average Bonchev–Trinajstić information content (AvgIpc) is 3.63. The molecule has 0 atom stereocenters. The van der Waals surface area contributed by atoms with Crippen LogP contribution in [0.25, 0.3) is 16.5 Å². The van der Waals surface area contributed by atoms with Crippen LogP contribution in [-0.2, 0) is 24.3 Å². The average molecular weight is 463 g/mol. The zero-order chi connectivity index (χ0) is 23.8. The van der Waals surface area contributed by atoms with Crippen molar-refractivity contribution in [1.29, 1.82) is 0 Å². The standard InChI is InChI=1S/C27H22N6O2/c34-25(14-18-5-6-19-3-1-2-4-21(19)13-18)29-26-23-15-33(16-24(23)30-31-26)27(35)20-7-9-22(10-8-20)32-12-11-28-17-32/h1-13,17H,14-16H2,(H2,29,30,31,34). The zero-order valence-electron chi connectivity index (χ0n) is 18.8. The lowest BCUT2D eigenvalue weighted by molar-refractivity contribution is -0.115. The number of aromatic nitrogens is 4. The van der Waals surface area contributed by atoms with Gasteiger partial charge in [-0.3, -0.25) is 14.7 Å². The van der Waals surface area contributed by atoms with E-state index in [0.29, 0.717) is 24.5 Å². The number of imidazole rings is 1. The van der Waals surface area contributed by atoms with E-state index in [-0.39, 0.29) is 18.2 Å². The molecule has 8 heteroatoms. The van der Waals surface area contributed by atoms with E-state index in [1.807, 2.05) is 77.5 Å². The van der Waals surface area contributed by atoms with E-state index in [1.165, 1.54) is 0 Å². The Bertz CT molecular complexity index is 1540. The summed E-state index contributed by atoms with van der Waals surface area (Å²) in [6, 6.07) is 21.5. The van der Waals surface area contributed by atoms with Crippen molar-refractivity contribution in [2.24, 2.45) is 0 Å². The smallest absolute Gasteiger partial charge is 0.254 e. The number of hydrogen-bond acceptors (Lipinski definition) is 4. The zero-order valence-corrected chi connectivity index (χ0v) is 18.8. The molecule has 2 aromatic heterocycles. The van der Waals surface area contributed by atoms with Gasteiger partial charge < -0.3 is 14.8 Å². The molecule has 0 aliphatic carbocycles. The van der Waals surface area contributed by atoms with Crippen LogP contribution in [0.15, 0.2) is 85.5 Å². The molecule has 1 aliphatic rings. The molecule has 3 aromatic carbocycles. The van der Waals surface area contributed by atoms with Crippen LogP contribution in [0.5, 0.6) is 0 Å². The van der Waals surface area contributed by atoms with Gasteiger partial charge in [0.15, 0.2) is 0 Å². The van der Waals surface area contributed by atoms with E-state index in [4.69, 9.17) is 0 Å². The second-order valence-corrected chi connectivity index (χ2v) is 8.61. The molecule has 3 heterocycles. The minimum Gasteiger partial charge on any atom is -0.328 e. The highest BCUT2D eigenvalue weighted by molar-refractivity contribution is 5.96. The Morgan fingerprint density at radius 3 is 2.60 bits per heavy atom. The number of aromatic amines is 1. The Kier molecular flexibility index (Phi) is 5.11. The fourth-order valence-corrected chi connectivity index (χ4v) is 4.47. The molecule has 5 aromatic rings. The number of rotatable bonds is 5. The van der Waals surface area contributed by atoms with Crippen LogP contribution in [-0.4, -0.2) is 36.5 Å². The maximum atomic E-state index is 13.1. The predicted molar refractivity (Wildman–Crippen MR) is 132 cm³/mol. The molecule has 1 aliphatic heterocycles. The topological polar surface area (TPSA) is 95.9 Å². The summed E-state index contributed by atoms with van der Waals surface area (Å²) in [7, 11) is 0. The molecular weight excluding hydrogens is 440 g/mol. The fourth-order valence-electron chi connectivity index (χ4n) is 4.47. The summed E-state index contributed by atoms with van der Waals surface area (Å²) in [5.74, 6) is 0.344. The van der Waals surface area contributed by atoms with Gasteiger partial charge in [0.2, 0.25) is 5.91 Å². The maximum absolute atomic E-state index is 13.1. The lowest BCUT2D eigenvalue weighted by Crippen LogP contribution is -2.26. The molecule has 2 amide bonds. The molecule has 8 nitrogen and oxygen atoms in total. The maximum Gasteiger partial charge on any atom is 0.254 e. The van der Waals surface area contributed by atoms with Crippen molar-refractivity contribution in [2.45, 2.75) is 19.5 Å². The highest BCUT2D eigenvalue weighted by Gasteiger charge is 2.29. The lowest BCUT2D eigenvalue weighted by Gasteiger charge is -2.16. The first-order valence-electron chi connectivity index (χ1n) is 11.4. The Balaban J connectivity index is 1.12. The molecule has 35 heavy (non-hydrogen) atoms. The van der Waals surface area contributed by atoms with E-state index in [0.717, 1.165) is 33.3 Å². The largest absolute Gasteiger partial charge is 0.328 e. The first kappa shape index (κ1) is 20.9. The Morgan fingerprint density at radius 1 is 0.971 bits per heavy atom. The van der Waals surface area contributed by atoms with Gasteiger partial charge in [-0.05, 0) is 40.6 Å². The predicted octanol–water partition coefficient (Wildman–Crippen LogP) is 4.09. The van der Waals surface area contributed by atoms with Gasteiger partial charge in [0.25, 0.3) is 5.91 Å². The molecule has 0 radical (unpaired) electrons. The normalized spacial score (nSPS) is 12.6. The van der Waals surface area contributed by atoms with Crippen LogP contribution >= 0.6 is 0 Å². The van der Waals surface area contributed by atoms with E-state index >= 15 is 0 Å². The molecule has 172 valence electrons. The van der Waals surface area contributed by atoms with Crippen LogP contribution in [0.1, 0.15) is 27.2 Å². The van der Waals surface area contributed by atoms with E-state index in [2.05, 4.69) is 20.5 Å². The third-order valence-corrected chi connectivity index (χ3v) is 6.29. The van der Waals surface area contributed by atoms with Crippen LogP contribution in [0.3, 0.4) is 0 Å². The number of carbonyl (C=O) groups excluding carboxylic acids is 2. The second kappa shape index (κ2) is 8.57. The van der Waals surface area contributed by atoms with Crippen molar-refractivity contribution in [3.8, 4) is 5.69 Å². The van der Waals surface area contributed by atoms with Crippen LogP contribution in [0, 0.1) is 0 Å². The summed E-state index contributed by atoms with van der Waals surface area (Å²) in [5, 5.41) is 12.4. The number of benzene rings is 3. The van der Waals surface area contributed by atoms with Gasteiger partial charge in [-0.25, -0.2) is 4.98 Å². The number of fused-ring (bicyclic) bond motifs is 2. The first-order chi connectivity index (χ1) is 17.1. The number of hydrogen-bond donors (Lipinski definition) is 2. The first-order valence-corrected chi connectivity index (χ1v) is 11.4. The van der Waals surface area contributed by atoms with Gasteiger partial charge in [-0.1, -0.05) is 42.5 Å². The van der Waals surface area contributed by atoms with Crippen LogP contribution in [0.2, 0.25) is 0 Å². The number of nitrogens with one attached hydrogen (secondary N) is 2. The van der Waals surface area contributed by atoms with Gasteiger partial charge in [-0.2, -0.15) is 5.10 Å². The van der Waals surface area contributed by atoms with Gasteiger partial charge in [0, 0.05) is 29.2 Å². The van der Waals surface area contributed by atoms with Gasteiger partial charge >= 0.3 is 0 Å². The number of nitrogens with zero attached hydrogens (tertiary/aromatic N) is 4. The lowest BCUT2D eigenvalue weighted by atomic mass is 10.0. The van der Waals surface area contributed by atoms with Crippen molar-refractivity contribution in [3.05, 3.63) is 108 Å². The monoisotopic (exact) mass is 462 g/mol. The van der Waals surface area contributed by atoms with Crippen molar-refractivity contribution in [2.75, 3.05) is 5.32 Å². The summed E-state index contributed by atoms with van der Waals surface area (Å²) in [4.78, 5) is 31.6. The highest BCUT2D eigenvalue weighted by atomic mass is 16.2. The van der Waals surface area contributed by atoms with Gasteiger partial charge in [-0.15, -0.1) is 0 Å². The molecule has 0 unspecified atom stereocenters. The Labute approximate surface area is 201 Å². The molecule has 2 N–H and O–H groups in total. The van der Waals surface area contributed by atoms with Crippen molar-refractivity contribution in [1.82, 2.24) is 24.6 Å². The van der Waals surface area contributed by atoms with E-state index in [1.54, 1.807) is 17.4 Å². The summed E-state index contributed by atoms with van der Waals surface area (Å²) < 4.78 is 1.88. The number of amides is 2. The molecule has 0 saturated heterocycles. The van der Waals surface area contributed by atoms with Crippen molar-refractivity contribution < 1.29 is 9.59 Å². The van der Waals surface area contributed by atoms with Crippen LogP contribution in [0.4, 0.5) is 5.82 Å². The fraction of sp³-hybridized carbons (Fsp3) is 0.111. The molecule has 0 fully saturated rings. The number of anilines is 1. The van der Waals surface area contributed by atoms with E-state index < -0.39 is 0 Å². The number of carbonyl (C=O) groups is 2. The summed E-state index contributed by atoms with van der Waals surface area (Å²) >= 11 is 0.